The summed E-state index contributed by atoms with van der Waals surface area (Å²) < 4.78 is 12.0. The molecule has 1 aliphatic rings. The van der Waals surface area contributed by atoms with E-state index in [2.05, 4.69) is 0 Å². The molecule has 8 heavy (non-hydrogen) atoms. The van der Waals surface area contributed by atoms with Crippen LogP contribution in [0.2, 0.25) is 0 Å². The quantitative estimate of drug-likeness (QED) is 0.547. The van der Waals surface area contributed by atoms with Crippen molar-refractivity contribution in [2.75, 3.05) is 0 Å². The van der Waals surface area contributed by atoms with Crippen LogP contribution in [-0.2, 0) is 0 Å². The maximum atomic E-state index is 12.0. The van der Waals surface area contributed by atoms with E-state index in [-0.39, 0.29) is 12.0 Å². The molecular formula is C6H11FO. The Labute approximate surface area is 48.5 Å². The van der Waals surface area contributed by atoms with Gasteiger partial charge in [0.2, 0.25) is 0 Å². The van der Waals surface area contributed by atoms with Gasteiger partial charge in [0.25, 0.3) is 0 Å². The van der Waals surface area contributed by atoms with Crippen LogP contribution in [0.1, 0.15) is 19.8 Å². The fraction of sp³-hybridized carbons (Fsp3) is 1.00. The number of aliphatic hydroxyl groups is 1. The van der Waals surface area contributed by atoms with E-state index in [0.29, 0.717) is 12.8 Å². The second-order valence-corrected chi connectivity index (χ2v) is 2.57. The smallest absolute Gasteiger partial charge is 0.101 e. The normalized spacial score (nSPS) is 40.9. The van der Waals surface area contributed by atoms with Gasteiger partial charge in [-0.3, -0.25) is 0 Å². The Bertz CT molecular complexity index is 76.6. The van der Waals surface area contributed by atoms with Gasteiger partial charge in [-0.05, 0) is 25.7 Å². The van der Waals surface area contributed by atoms with Crippen LogP contribution in [0.4, 0.5) is 4.39 Å². The van der Waals surface area contributed by atoms with Crippen molar-refractivity contribution in [1.82, 2.24) is 0 Å². The average Bonchev–Trinajstić information content (AvgIpc) is 1.57. The predicted molar refractivity (Wildman–Crippen MR) is 29.3 cm³/mol. The van der Waals surface area contributed by atoms with Crippen molar-refractivity contribution in [3.8, 4) is 0 Å². The van der Waals surface area contributed by atoms with Crippen LogP contribution in [-0.4, -0.2) is 17.4 Å². The maximum absolute atomic E-state index is 12.0. The Kier molecular flexibility index (Phi) is 1.52. The van der Waals surface area contributed by atoms with Crippen LogP contribution in [0.3, 0.4) is 0 Å². The highest BCUT2D eigenvalue weighted by Crippen LogP contribution is 2.32. The van der Waals surface area contributed by atoms with E-state index in [1.54, 1.807) is 6.92 Å². The second-order valence-electron chi connectivity index (χ2n) is 2.57. The third-order valence-electron chi connectivity index (χ3n) is 1.80. The van der Waals surface area contributed by atoms with Crippen LogP contribution >= 0.6 is 0 Å². The van der Waals surface area contributed by atoms with E-state index >= 15 is 0 Å². The summed E-state index contributed by atoms with van der Waals surface area (Å²) >= 11 is 0. The highest BCUT2D eigenvalue weighted by atomic mass is 19.1. The summed E-state index contributed by atoms with van der Waals surface area (Å²) in [5.41, 5.74) is 0. The molecule has 0 aromatic carbocycles. The summed E-state index contributed by atoms with van der Waals surface area (Å²) in [4.78, 5) is 0. The van der Waals surface area contributed by atoms with E-state index in [1.165, 1.54) is 0 Å². The monoisotopic (exact) mass is 118 g/mol. The molecule has 1 N–H and O–H groups in total. The molecule has 0 aromatic rings. The molecule has 0 aliphatic heterocycles. The molecule has 0 bridgehead atoms. The molecule has 0 spiro atoms. The Morgan fingerprint density at radius 1 is 1.62 bits per heavy atom. The third-order valence-corrected chi connectivity index (χ3v) is 1.80. The Balaban J connectivity index is 2.15. The lowest BCUT2D eigenvalue weighted by Crippen LogP contribution is -2.32. The van der Waals surface area contributed by atoms with Gasteiger partial charge in [0.05, 0.1) is 6.10 Å². The van der Waals surface area contributed by atoms with Crippen LogP contribution in [0.5, 0.6) is 0 Å². The van der Waals surface area contributed by atoms with E-state index in [4.69, 9.17) is 5.11 Å². The molecule has 0 aromatic heterocycles. The first-order valence-corrected chi connectivity index (χ1v) is 3.02. The highest BCUT2D eigenvalue weighted by molar-refractivity contribution is 4.81. The lowest BCUT2D eigenvalue weighted by Gasteiger charge is -2.31. The van der Waals surface area contributed by atoms with Gasteiger partial charge in [-0.15, -0.1) is 0 Å². The number of hydrogen-bond donors (Lipinski definition) is 1. The van der Waals surface area contributed by atoms with Gasteiger partial charge in [0.1, 0.15) is 6.17 Å². The number of halogens is 1. The van der Waals surface area contributed by atoms with E-state index in [1.807, 2.05) is 0 Å². The molecule has 1 nitrogen and oxygen atoms in total. The topological polar surface area (TPSA) is 20.2 Å². The van der Waals surface area contributed by atoms with Crippen LogP contribution in [0, 0.1) is 5.92 Å². The Hall–Kier alpha value is -0.110. The SMILES string of the molecule is CC(O)C1CC(F)C1. The zero-order valence-electron chi connectivity index (χ0n) is 4.97. The van der Waals surface area contributed by atoms with Gasteiger partial charge in [0, 0.05) is 0 Å². The molecule has 1 fully saturated rings. The van der Waals surface area contributed by atoms with Crippen molar-refractivity contribution in [2.24, 2.45) is 5.92 Å². The molecule has 0 amide bonds. The minimum atomic E-state index is -0.630. The van der Waals surface area contributed by atoms with Gasteiger partial charge in [-0.25, -0.2) is 4.39 Å². The summed E-state index contributed by atoms with van der Waals surface area (Å²) in [7, 11) is 0. The van der Waals surface area contributed by atoms with Crippen molar-refractivity contribution in [2.45, 2.75) is 32.0 Å². The highest BCUT2D eigenvalue weighted by Gasteiger charge is 2.31. The Morgan fingerprint density at radius 3 is 2.25 bits per heavy atom. The summed E-state index contributed by atoms with van der Waals surface area (Å²) in [6, 6.07) is 0. The predicted octanol–water partition coefficient (Wildman–Crippen LogP) is 1.12. The molecule has 1 saturated carbocycles. The summed E-state index contributed by atoms with van der Waals surface area (Å²) in [6.45, 7) is 1.72. The summed E-state index contributed by atoms with van der Waals surface area (Å²) in [5.74, 6) is 0.241. The van der Waals surface area contributed by atoms with E-state index in [0.717, 1.165) is 0 Å². The van der Waals surface area contributed by atoms with Gasteiger partial charge in [0.15, 0.2) is 0 Å². The van der Waals surface area contributed by atoms with Crippen molar-refractivity contribution in [1.29, 1.82) is 0 Å². The maximum Gasteiger partial charge on any atom is 0.101 e. The molecule has 1 unspecified atom stereocenters. The molecule has 2 heteroatoms. The Morgan fingerprint density at radius 2 is 2.12 bits per heavy atom. The van der Waals surface area contributed by atoms with Crippen molar-refractivity contribution in [3.63, 3.8) is 0 Å². The van der Waals surface area contributed by atoms with Gasteiger partial charge >= 0.3 is 0 Å². The first-order chi connectivity index (χ1) is 3.70. The molecule has 1 atom stereocenters. The lowest BCUT2D eigenvalue weighted by molar-refractivity contribution is 0.0228. The molecular weight excluding hydrogens is 107 g/mol. The van der Waals surface area contributed by atoms with Crippen molar-refractivity contribution >= 4 is 0 Å². The third kappa shape index (κ3) is 0.996. The van der Waals surface area contributed by atoms with Gasteiger partial charge in [-0.1, -0.05) is 0 Å². The number of alkyl halides is 1. The first-order valence-electron chi connectivity index (χ1n) is 3.02. The zero-order valence-corrected chi connectivity index (χ0v) is 4.97. The molecule has 0 heterocycles. The van der Waals surface area contributed by atoms with Gasteiger partial charge in [-0.2, -0.15) is 0 Å². The second kappa shape index (κ2) is 2.02. The average molecular weight is 118 g/mol. The molecule has 1 rings (SSSR count). The van der Waals surface area contributed by atoms with Gasteiger partial charge < -0.3 is 5.11 Å². The minimum absolute atomic E-state index is 0.241. The van der Waals surface area contributed by atoms with Crippen molar-refractivity contribution in [3.05, 3.63) is 0 Å². The zero-order chi connectivity index (χ0) is 6.15. The largest absolute Gasteiger partial charge is 0.393 e. The molecule has 1 aliphatic carbocycles. The van der Waals surface area contributed by atoms with Crippen molar-refractivity contribution < 1.29 is 9.50 Å². The van der Waals surface area contributed by atoms with Crippen LogP contribution in [0.25, 0.3) is 0 Å². The number of hydrogen-bond acceptors (Lipinski definition) is 1. The fourth-order valence-corrected chi connectivity index (χ4v) is 0.982. The first kappa shape index (κ1) is 6.02. The molecule has 0 radical (unpaired) electrons. The molecule has 48 valence electrons. The standard InChI is InChI=1S/C6H11FO/c1-4(8)5-2-6(7)3-5/h4-6,8H,2-3H2,1H3. The van der Waals surface area contributed by atoms with E-state index in [9.17, 15) is 4.39 Å². The van der Waals surface area contributed by atoms with E-state index < -0.39 is 6.17 Å². The summed E-state index contributed by atoms with van der Waals surface area (Å²) in [5, 5.41) is 8.82. The number of rotatable bonds is 1. The van der Waals surface area contributed by atoms with Crippen LogP contribution < -0.4 is 0 Å². The summed E-state index contributed by atoms with van der Waals surface area (Å²) in [6.07, 6.45) is 0.201. The molecule has 0 saturated heterocycles. The fourth-order valence-electron chi connectivity index (χ4n) is 0.982. The lowest BCUT2D eigenvalue weighted by atomic mass is 9.80. The minimum Gasteiger partial charge on any atom is -0.393 e. The van der Waals surface area contributed by atoms with Crippen LogP contribution in [0.15, 0.2) is 0 Å². The number of aliphatic hydroxyl groups excluding tert-OH is 1.